The Morgan fingerprint density at radius 3 is 2.28 bits per heavy atom. The van der Waals surface area contributed by atoms with Gasteiger partial charge >= 0.3 is 12.5 Å². The molecule has 0 amide bonds. The normalized spacial score (nSPS) is 12.8. The Morgan fingerprint density at radius 1 is 0.953 bits per heavy atom. The summed E-state index contributed by atoms with van der Waals surface area (Å²) in [7, 11) is 0. The molecule has 0 spiro atoms. The third kappa shape index (κ3) is 6.81. The number of aryl methyl sites for hydroxylation is 1. The van der Waals surface area contributed by atoms with E-state index in [0.717, 1.165) is 24.7 Å². The van der Waals surface area contributed by atoms with Gasteiger partial charge in [-0.05, 0) is 77.2 Å². The summed E-state index contributed by atoms with van der Waals surface area (Å²) < 4.78 is 113. The summed E-state index contributed by atoms with van der Waals surface area (Å²) in [5.74, 6) is -0.00154. The van der Waals surface area contributed by atoms with E-state index in [1.807, 2.05) is 6.92 Å². The van der Waals surface area contributed by atoms with Crippen molar-refractivity contribution in [3.05, 3.63) is 90.8 Å². The number of imidazole rings is 1. The quantitative estimate of drug-likeness (QED) is 0.129. The lowest BCUT2D eigenvalue weighted by atomic mass is 9.98. The summed E-state index contributed by atoms with van der Waals surface area (Å²) in [5, 5.41) is 0. The maximum absolute atomic E-state index is 13.4. The average molecular weight is 621 g/mol. The number of aromatic nitrogens is 3. The third-order valence-corrected chi connectivity index (χ3v) is 6.89. The van der Waals surface area contributed by atoms with E-state index in [-0.39, 0.29) is 22.0 Å². The average Bonchev–Trinajstić information content (AvgIpc) is 3.61. The highest BCUT2D eigenvalue weighted by Crippen LogP contribution is 2.40. The van der Waals surface area contributed by atoms with Crippen LogP contribution in [0.3, 0.4) is 0 Å². The van der Waals surface area contributed by atoms with Gasteiger partial charge in [-0.2, -0.15) is 13.2 Å². The number of hydrogen-bond donors (Lipinski definition) is 0. The molecule has 1 unspecified atom stereocenters. The highest BCUT2D eigenvalue weighted by Gasteiger charge is 2.34. The van der Waals surface area contributed by atoms with Crippen molar-refractivity contribution in [1.29, 1.82) is 0 Å². The number of hydrogen-bond acceptors (Lipinski definition) is 6. The fourth-order valence-corrected chi connectivity index (χ4v) is 4.79. The number of halogens is 6. The summed E-state index contributed by atoms with van der Waals surface area (Å²) in [6.45, 7) is 1.88. The first-order chi connectivity index (χ1) is 20.3. The second-order valence-corrected chi connectivity index (χ2v) is 10.2. The van der Waals surface area contributed by atoms with Crippen LogP contribution in [0.4, 0.5) is 26.3 Å². The number of ether oxygens (including phenoxy) is 1. The van der Waals surface area contributed by atoms with E-state index in [1.54, 1.807) is 24.3 Å². The van der Waals surface area contributed by atoms with Crippen LogP contribution in [-0.4, -0.2) is 29.7 Å². The molecule has 0 aliphatic heterocycles. The zero-order valence-corrected chi connectivity index (χ0v) is 22.9. The summed E-state index contributed by atoms with van der Waals surface area (Å²) in [6.07, 6.45) is -6.74. The van der Waals surface area contributed by atoms with Crippen LogP contribution in [0, 0.1) is 0 Å². The number of benzene rings is 3. The first kappa shape index (κ1) is 30.0. The van der Waals surface area contributed by atoms with Crippen LogP contribution < -0.4 is 4.74 Å². The Bertz CT molecular complexity index is 1780. The molecule has 0 bridgehead atoms. The number of alkyl halides is 6. The first-order valence-electron chi connectivity index (χ1n) is 12.6. The maximum atomic E-state index is 13.4. The minimum Gasteiger partial charge on any atom is -0.768 e. The molecule has 0 aliphatic carbocycles. The molecule has 0 radical (unpaired) electrons. The standard InChI is InChI=1S/C29H21F6N3O4S/c1-2-4-25-37-26(27(41-25)17-7-10-20(11-8-17)42-29(33,34)35)22-14-19(18-5-3-6-21(13-18)43(39)40)9-12-23(22)38-15-24(36-16-38)28(30,31)32/h3,5-16H,2,4H2,1H3,(H,39,40)/p-1. The molecule has 3 aromatic carbocycles. The van der Waals surface area contributed by atoms with E-state index >= 15 is 0 Å². The number of rotatable bonds is 8. The molecule has 0 aliphatic rings. The Kier molecular flexibility index (Phi) is 8.16. The van der Waals surface area contributed by atoms with Gasteiger partial charge in [0.05, 0.1) is 12.0 Å². The van der Waals surface area contributed by atoms with Gasteiger partial charge in [0.2, 0.25) is 0 Å². The van der Waals surface area contributed by atoms with E-state index in [9.17, 15) is 35.1 Å². The second kappa shape index (κ2) is 11.7. The van der Waals surface area contributed by atoms with Crippen molar-refractivity contribution in [2.45, 2.75) is 37.2 Å². The van der Waals surface area contributed by atoms with Gasteiger partial charge in [0.15, 0.2) is 17.3 Å². The molecule has 43 heavy (non-hydrogen) atoms. The van der Waals surface area contributed by atoms with Crippen molar-refractivity contribution in [2.75, 3.05) is 0 Å². The largest absolute Gasteiger partial charge is 0.768 e. The van der Waals surface area contributed by atoms with Gasteiger partial charge in [0, 0.05) is 28.6 Å². The zero-order chi connectivity index (χ0) is 30.9. The highest BCUT2D eigenvalue weighted by molar-refractivity contribution is 7.79. The van der Waals surface area contributed by atoms with Crippen LogP contribution in [0.15, 0.2) is 88.6 Å². The van der Waals surface area contributed by atoms with Crippen molar-refractivity contribution >= 4 is 11.1 Å². The van der Waals surface area contributed by atoms with Crippen molar-refractivity contribution in [2.24, 2.45) is 0 Å². The molecular weight excluding hydrogens is 600 g/mol. The van der Waals surface area contributed by atoms with Crippen molar-refractivity contribution < 1.29 is 44.3 Å². The topological polar surface area (TPSA) is 93.2 Å². The molecule has 0 N–H and O–H groups in total. The van der Waals surface area contributed by atoms with Gasteiger partial charge in [-0.15, -0.1) is 13.2 Å². The van der Waals surface area contributed by atoms with Crippen molar-refractivity contribution in [3.63, 3.8) is 0 Å². The fraction of sp³-hybridized carbons (Fsp3) is 0.172. The van der Waals surface area contributed by atoms with Gasteiger partial charge in [-0.1, -0.05) is 25.1 Å². The molecule has 0 fully saturated rings. The molecule has 2 heterocycles. The molecular formula is C29H20F6N3O4S-. The van der Waals surface area contributed by atoms with Gasteiger partial charge in [0.1, 0.15) is 11.4 Å². The summed E-state index contributed by atoms with van der Waals surface area (Å²) in [6, 6.07) is 15.7. The monoisotopic (exact) mass is 620 g/mol. The first-order valence-corrected chi connectivity index (χ1v) is 13.7. The van der Waals surface area contributed by atoms with E-state index in [1.165, 1.54) is 34.9 Å². The highest BCUT2D eigenvalue weighted by atomic mass is 32.2. The molecule has 224 valence electrons. The molecule has 5 aromatic rings. The predicted octanol–water partition coefficient (Wildman–Crippen LogP) is 7.97. The van der Waals surface area contributed by atoms with Gasteiger partial charge in [0.25, 0.3) is 0 Å². The minimum absolute atomic E-state index is 0.0288. The molecule has 14 heteroatoms. The number of nitrogens with zero attached hydrogens (tertiary/aromatic N) is 3. The smallest absolute Gasteiger partial charge is 0.573 e. The molecule has 0 saturated carbocycles. The summed E-state index contributed by atoms with van der Waals surface area (Å²) in [5.41, 5.74) is 0.974. The van der Waals surface area contributed by atoms with Gasteiger partial charge in [-0.3, -0.25) is 4.21 Å². The lowest BCUT2D eigenvalue weighted by Crippen LogP contribution is -2.16. The Hall–Kier alpha value is -4.43. The molecule has 7 nitrogen and oxygen atoms in total. The minimum atomic E-state index is -4.89. The Morgan fingerprint density at radius 2 is 1.65 bits per heavy atom. The SMILES string of the molecule is CCCc1nc(-c2cc(-c3cccc(S(=O)[O-])c3)ccc2-n2cnc(C(F)(F)F)c2)c(-c2ccc(OC(F)(F)F)cc2)o1. The zero-order valence-electron chi connectivity index (χ0n) is 22.1. The maximum Gasteiger partial charge on any atom is 0.573 e. The van der Waals surface area contributed by atoms with Crippen LogP contribution in [0.25, 0.3) is 39.4 Å². The number of oxazole rings is 1. The fourth-order valence-electron chi connectivity index (χ4n) is 4.38. The molecule has 1 atom stereocenters. The van der Waals surface area contributed by atoms with E-state index in [0.29, 0.717) is 41.0 Å². The van der Waals surface area contributed by atoms with Gasteiger partial charge < -0.3 is 18.3 Å². The lowest BCUT2D eigenvalue weighted by Gasteiger charge is -2.14. The van der Waals surface area contributed by atoms with Crippen molar-refractivity contribution in [1.82, 2.24) is 14.5 Å². The third-order valence-electron chi connectivity index (χ3n) is 6.25. The lowest BCUT2D eigenvalue weighted by molar-refractivity contribution is -0.274. The van der Waals surface area contributed by atoms with Gasteiger partial charge in [-0.25, -0.2) is 9.97 Å². The van der Waals surface area contributed by atoms with E-state index in [2.05, 4.69) is 14.7 Å². The van der Waals surface area contributed by atoms with Crippen molar-refractivity contribution in [3.8, 4) is 45.1 Å². The second-order valence-electron chi connectivity index (χ2n) is 9.27. The van der Waals surface area contributed by atoms with Crippen LogP contribution in [0.1, 0.15) is 24.9 Å². The van der Waals surface area contributed by atoms with E-state index < -0.39 is 35.1 Å². The molecule has 5 rings (SSSR count). The Balaban J connectivity index is 1.71. The molecule has 0 saturated heterocycles. The Labute approximate surface area is 243 Å². The predicted molar refractivity (Wildman–Crippen MR) is 143 cm³/mol. The molecule has 2 aromatic heterocycles. The summed E-state index contributed by atoms with van der Waals surface area (Å²) in [4.78, 5) is 8.13. The van der Waals surface area contributed by atoms with E-state index in [4.69, 9.17) is 4.42 Å². The van der Waals surface area contributed by atoms with Crippen LogP contribution in [-0.2, 0) is 23.7 Å². The van der Waals surface area contributed by atoms with Crippen LogP contribution >= 0.6 is 0 Å². The van der Waals surface area contributed by atoms with Crippen LogP contribution in [0.5, 0.6) is 5.75 Å². The van der Waals surface area contributed by atoms with Crippen LogP contribution in [0.2, 0.25) is 0 Å². The summed E-state index contributed by atoms with van der Waals surface area (Å²) >= 11 is -2.51.